The summed E-state index contributed by atoms with van der Waals surface area (Å²) in [6, 6.07) is 11.7. The predicted molar refractivity (Wildman–Crippen MR) is 116 cm³/mol. The van der Waals surface area contributed by atoms with Gasteiger partial charge in [0, 0.05) is 54.4 Å². The van der Waals surface area contributed by atoms with Gasteiger partial charge in [0.25, 0.3) is 5.91 Å². The SMILES string of the molecule is Cc1nc(-c2ccccc2F)c(C(=O)N2CCCN(c3cc(Cl)cc(Cl)c3)CC2)o1. The van der Waals surface area contributed by atoms with Crippen LogP contribution >= 0.6 is 23.2 Å². The normalized spacial score (nSPS) is 14.7. The molecule has 0 unspecified atom stereocenters. The lowest BCUT2D eigenvalue weighted by atomic mass is 10.1. The van der Waals surface area contributed by atoms with Crippen LogP contribution in [0.2, 0.25) is 10.0 Å². The van der Waals surface area contributed by atoms with Gasteiger partial charge in [-0.05, 0) is 36.8 Å². The second-order valence-corrected chi connectivity index (χ2v) is 8.02. The van der Waals surface area contributed by atoms with Crippen LogP contribution in [0.1, 0.15) is 22.9 Å². The molecule has 1 saturated heterocycles. The van der Waals surface area contributed by atoms with Crippen molar-refractivity contribution in [3.05, 3.63) is 70.0 Å². The number of aryl methyl sites for hydroxylation is 1. The first kappa shape index (κ1) is 20.7. The van der Waals surface area contributed by atoms with Gasteiger partial charge in [-0.15, -0.1) is 0 Å². The quantitative estimate of drug-likeness (QED) is 0.535. The van der Waals surface area contributed by atoms with E-state index in [2.05, 4.69) is 9.88 Å². The monoisotopic (exact) mass is 447 g/mol. The number of rotatable bonds is 3. The number of carbonyl (C=O) groups is 1. The van der Waals surface area contributed by atoms with Gasteiger partial charge in [-0.25, -0.2) is 9.37 Å². The first-order chi connectivity index (χ1) is 14.4. The Kier molecular flexibility index (Phi) is 5.97. The van der Waals surface area contributed by atoms with E-state index in [1.165, 1.54) is 6.07 Å². The van der Waals surface area contributed by atoms with Gasteiger partial charge in [-0.3, -0.25) is 4.79 Å². The fourth-order valence-electron chi connectivity index (χ4n) is 3.65. The van der Waals surface area contributed by atoms with E-state index in [0.717, 1.165) is 18.7 Å². The van der Waals surface area contributed by atoms with Crippen LogP contribution in [-0.2, 0) is 0 Å². The van der Waals surface area contributed by atoms with E-state index in [9.17, 15) is 9.18 Å². The molecule has 0 spiro atoms. The Labute approximate surface area is 184 Å². The molecule has 5 nitrogen and oxygen atoms in total. The average molecular weight is 448 g/mol. The van der Waals surface area contributed by atoms with E-state index in [0.29, 0.717) is 35.6 Å². The van der Waals surface area contributed by atoms with Crippen molar-refractivity contribution >= 4 is 34.8 Å². The highest BCUT2D eigenvalue weighted by atomic mass is 35.5. The summed E-state index contributed by atoms with van der Waals surface area (Å²) in [5, 5.41) is 1.14. The van der Waals surface area contributed by atoms with Crippen LogP contribution in [0.3, 0.4) is 0 Å². The largest absolute Gasteiger partial charge is 0.435 e. The molecule has 2 heterocycles. The average Bonchev–Trinajstić information content (AvgIpc) is 2.93. The van der Waals surface area contributed by atoms with Crippen LogP contribution in [0.25, 0.3) is 11.3 Å². The van der Waals surface area contributed by atoms with Crippen molar-refractivity contribution in [3.8, 4) is 11.3 Å². The van der Waals surface area contributed by atoms with Crippen LogP contribution in [0.4, 0.5) is 10.1 Å². The number of hydrogen-bond donors (Lipinski definition) is 0. The third kappa shape index (κ3) is 4.30. The van der Waals surface area contributed by atoms with Gasteiger partial charge in [0.1, 0.15) is 11.5 Å². The Morgan fingerprint density at radius 1 is 1.07 bits per heavy atom. The lowest BCUT2D eigenvalue weighted by Crippen LogP contribution is -2.35. The number of anilines is 1. The van der Waals surface area contributed by atoms with Gasteiger partial charge in [-0.2, -0.15) is 0 Å². The van der Waals surface area contributed by atoms with E-state index >= 15 is 0 Å². The molecule has 1 fully saturated rings. The molecule has 0 N–H and O–H groups in total. The van der Waals surface area contributed by atoms with Crippen molar-refractivity contribution in [1.29, 1.82) is 0 Å². The van der Waals surface area contributed by atoms with Crippen LogP contribution in [0.15, 0.2) is 46.9 Å². The highest BCUT2D eigenvalue weighted by molar-refractivity contribution is 6.35. The van der Waals surface area contributed by atoms with E-state index in [1.807, 2.05) is 12.1 Å². The van der Waals surface area contributed by atoms with Gasteiger partial charge in [0.2, 0.25) is 5.76 Å². The Morgan fingerprint density at radius 3 is 2.53 bits per heavy atom. The molecule has 0 radical (unpaired) electrons. The van der Waals surface area contributed by atoms with E-state index in [4.69, 9.17) is 27.6 Å². The minimum absolute atomic E-state index is 0.0665. The summed E-state index contributed by atoms with van der Waals surface area (Å²) >= 11 is 12.3. The summed E-state index contributed by atoms with van der Waals surface area (Å²) in [6.45, 7) is 4.06. The summed E-state index contributed by atoms with van der Waals surface area (Å²) in [4.78, 5) is 21.4. The standard InChI is InChI=1S/C22H20Cl2FN3O2/c1-14-26-20(18-5-2-3-6-19(18)25)21(30-14)22(29)28-8-4-7-27(9-10-28)17-12-15(23)11-16(24)13-17/h2-3,5-6,11-13H,4,7-10H2,1H3. The van der Waals surface area contributed by atoms with E-state index in [-0.39, 0.29) is 22.9 Å². The molecular formula is C22H20Cl2FN3O2. The molecule has 0 aliphatic carbocycles. The van der Waals surface area contributed by atoms with Crippen LogP contribution in [-0.4, -0.2) is 42.0 Å². The topological polar surface area (TPSA) is 49.6 Å². The molecule has 3 aromatic rings. The zero-order valence-corrected chi connectivity index (χ0v) is 17.9. The number of halogens is 3. The second kappa shape index (κ2) is 8.66. The summed E-state index contributed by atoms with van der Waals surface area (Å²) in [5.74, 6) is -0.349. The fourth-order valence-corrected chi connectivity index (χ4v) is 4.17. The summed E-state index contributed by atoms with van der Waals surface area (Å²) < 4.78 is 19.9. The predicted octanol–water partition coefficient (Wildman–Crippen LogP) is 5.45. The van der Waals surface area contributed by atoms with Gasteiger partial charge >= 0.3 is 0 Å². The second-order valence-electron chi connectivity index (χ2n) is 7.15. The smallest absolute Gasteiger partial charge is 0.292 e. The van der Waals surface area contributed by atoms with Gasteiger partial charge in [0.05, 0.1) is 0 Å². The number of amides is 1. The van der Waals surface area contributed by atoms with Crippen molar-refractivity contribution in [2.45, 2.75) is 13.3 Å². The first-order valence-corrected chi connectivity index (χ1v) is 10.4. The Morgan fingerprint density at radius 2 is 1.80 bits per heavy atom. The van der Waals surface area contributed by atoms with Crippen molar-refractivity contribution in [2.75, 3.05) is 31.1 Å². The Hall–Kier alpha value is -2.57. The zero-order valence-electron chi connectivity index (χ0n) is 16.4. The third-order valence-electron chi connectivity index (χ3n) is 5.05. The molecule has 4 rings (SSSR count). The fraction of sp³-hybridized carbons (Fsp3) is 0.273. The molecule has 0 saturated carbocycles. The number of carbonyl (C=O) groups excluding carboxylic acids is 1. The maximum absolute atomic E-state index is 14.3. The summed E-state index contributed by atoms with van der Waals surface area (Å²) in [6.07, 6.45) is 0.762. The molecule has 30 heavy (non-hydrogen) atoms. The highest BCUT2D eigenvalue weighted by Crippen LogP contribution is 2.29. The van der Waals surface area contributed by atoms with Gasteiger partial charge in [0.15, 0.2) is 5.89 Å². The lowest BCUT2D eigenvalue weighted by Gasteiger charge is -2.24. The summed E-state index contributed by atoms with van der Waals surface area (Å²) in [5.41, 5.74) is 1.41. The molecule has 1 aliphatic heterocycles. The highest BCUT2D eigenvalue weighted by Gasteiger charge is 2.28. The van der Waals surface area contributed by atoms with Crippen molar-refractivity contribution < 1.29 is 13.6 Å². The third-order valence-corrected chi connectivity index (χ3v) is 5.49. The Bertz CT molecular complexity index is 1070. The number of hydrogen-bond acceptors (Lipinski definition) is 4. The first-order valence-electron chi connectivity index (χ1n) is 9.65. The Balaban J connectivity index is 1.56. The molecule has 2 aromatic carbocycles. The minimum Gasteiger partial charge on any atom is -0.435 e. The number of aromatic nitrogens is 1. The molecule has 0 bridgehead atoms. The molecular weight excluding hydrogens is 428 g/mol. The molecule has 0 atom stereocenters. The molecule has 1 amide bonds. The van der Waals surface area contributed by atoms with Crippen LogP contribution in [0.5, 0.6) is 0 Å². The number of oxazole rings is 1. The van der Waals surface area contributed by atoms with Gasteiger partial charge < -0.3 is 14.2 Å². The van der Waals surface area contributed by atoms with Crippen molar-refractivity contribution in [1.82, 2.24) is 9.88 Å². The molecule has 156 valence electrons. The van der Waals surface area contributed by atoms with Gasteiger partial charge in [-0.1, -0.05) is 35.3 Å². The van der Waals surface area contributed by atoms with Crippen molar-refractivity contribution in [3.63, 3.8) is 0 Å². The lowest BCUT2D eigenvalue weighted by molar-refractivity contribution is 0.0734. The van der Waals surface area contributed by atoms with E-state index < -0.39 is 5.82 Å². The molecule has 1 aromatic heterocycles. The molecule has 8 heteroatoms. The van der Waals surface area contributed by atoms with Crippen molar-refractivity contribution in [2.24, 2.45) is 0 Å². The maximum Gasteiger partial charge on any atom is 0.292 e. The maximum atomic E-state index is 14.3. The number of nitrogens with zero attached hydrogens (tertiary/aromatic N) is 3. The zero-order chi connectivity index (χ0) is 21.3. The van der Waals surface area contributed by atoms with Crippen LogP contribution in [0, 0.1) is 12.7 Å². The minimum atomic E-state index is -0.445. The number of benzene rings is 2. The van der Waals surface area contributed by atoms with E-state index in [1.54, 1.807) is 36.1 Å². The summed E-state index contributed by atoms with van der Waals surface area (Å²) in [7, 11) is 0. The van der Waals surface area contributed by atoms with Crippen LogP contribution < -0.4 is 4.90 Å². The molecule has 1 aliphatic rings.